The second-order valence-electron chi connectivity index (χ2n) is 4.30. The number of hydrogen-bond donors (Lipinski definition) is 0. The second-order valence-corrected chi connectivity index (χ2v) is 7.54. The predicted molar refractivity (Wildman–Crippen MR) is 78.8 cm³/mol. The Labute approximate surface area is 128 Å². The maximum absolute atomic E-state index is 5.96. The van der Waals surface area contributed by atoms with Crippen molar-refractivity contribution in [2.24, 2.45) is 0 Å². The van der Waals surface area contributed by atoms with Gasteiger partial charge in [-0.2, -0.15) is 0 Å². The zero-order valence-electron chi connectivity index (χ0n) is 11.3. The molecule has 0 saturated heterocycles. The summed E-state index contributed by atoms with van der Waals surface area (Å²) in [7, 11) is 0. The molecule has 0 fully saturated rings. The molecule has 0 radical (unpaired) electrons. The molecule has 5 heteroatoms. The second kappa shape index (κ2) is 7.32. The van der Waals surface area contributed by atoms with Gasteiger partial charge < -0.3 is 0 Å². The fourth-order valence-electron chi connectivity index (χ4n) is 1.77. The van der Waals surface area contributed by atoms with Crippen LogP contribution in [0.3, 0.4) is 0 Å². The van der Waals surface area contributed by atoms with Crippen molar-refractivity contribution in [2.75, 3.05) is 0 Å². The van der Waals surface area contributed by atoms with Crippen LogP contribution in [0.25, 0.3) is 0 Å². The van der Waals surface area contributed by atoms with Gasteiger partial charge >= 0.3 is 128 Å². The molecule has 2 heterocycles. The van der Waals surface area contributed by atoms with Crippen LogP contribution in [0.15, 0.2) is 76.0 Å². The molecule has 0 aliphatic rings. The number of hydrogen-bond acceptors (Lipinski definition) is 4. The van der Waals surface area contributed by atoms with Crippen molar-refractivity contribution in [3.05, 3.63) is 78.6 Å². The Morgan fingerprint density at radius 3 is 1.76 bits per heavy atom. The van der Waals surface area contributed by atoms with Crippen LogP contribution in [-0.2, 0) is 20.7 Å². The number of furan rings is 2. The monoisotopic (exact) mass is 346 g/mol. The summed E-state index contributed by atoms with van der Waals surface area (Å²) in [4.78, 5) is 0. The summed E-state index contributed by atoms with van der Waals surface area (Å²) in [5.41, 5.74) is 0. The summed E-state index contributed by atoms with van der Waals surface area (Å²) in [5.74, 6) is 1.60. The molecular formula is C16H15AsO4. The maximum atomic E-state index is 5.96. The molecule has 0 aliphatic heterocycles. The average Bonchev–Trinajstić information content (AvgIpc) is 3.21. The molecule has 0 atom stereocenters. The van der Waals surface area contributed by atoms with E-state index in [9.17, 15) is 0 Å². The fraction of sp³-hybridized carbons (Fsp3) is 0.125. The van der Waals surface area contributed by atoms with E-state index in [-0.39, 0.29) is 0 Å². The van der Waals surface area contributed by atoms with Crippen molar-refractivity contribution < 1.29 is 16.3 Å². The van der Waals surface area contributed by atoms with Crippen LogP contribution in [0.2, 0.25) is 0 Å². The summed E-state index contributed by atoms with van der Waals surface area (Å²) in [6.45, 7) is 0.833. The van der Waals surface area contributed by atoms with Gasteiger partial charge in [0.2, 0.25) is 0 Å². The molecule has 2 aromatic heterocycles. The molecule has 4 nitrogen and oxygen atoms in total. The third kappa shape index (κ3) is 4.11. The Balaban J connectivity index is 1.65. The first-order valence-electron chi connectivity index (χ1n) is 6.57. The van der Waals surface area contributed by atoms with Crippen LogP contribution in [0.4, 0.5) is 0 Å². The first-order valence-corrected chi connectivity index (χ1v) is 9.04. The molecule has 0 bridgehead atoms. The van der Waals surface area contributed by atoms with Gasteiger partial charge in [-0.05, 0) is 0 Å². The Morgan fingerprint density at radius 1 is 0.714 bits per heavy atom. The SMILES string of the molecule is c1ccc([As](OCc2ccco2)OCc2ccco2)cc1. The van der Waals surface area contributed by atoms with Crippen molar-refractivity contribution in [2.45, 2.75) is 13.2 Å². The molecule has 0 aliphatic carbocycles. The van der Waals surface area contributed by atoms with E-state index in [1.165, 1.54) is 0 Å². The minimum absolute atomic E-state index is 0.417. The Kier molecular flexibility index (Phi) is 4.95. The van der Waals surface area contributed by atoms with E-state index in [1.54, 1.807) is 12.5 Å². The van der Waals surface area contributed by atoms with E-state index in [4.69, 9.17) is 16.3 Å². The van der Waals surface area contributed by atoms with Crippen molar-refractivity contribution in [3.8, 4) is 0 Å². The van der Waals surface area contributed by atoms with E-state index in [0.29, 0.717) is 13.2 Å². The molecule has 0 unspecified atom stereocenters. The molecule has 108 valence electrons. The van der Waals surface area contributed by atoms with E-state index in [1.807, 2.05) is 54.6 Å². The fourth-order valence-corrected chi connectivity index (χ4v) is 4.45. The van der Waals surface area contributed by atoms with Crippen molar-refractivity contribution in [3.63, 3.8) is 0 Å². The molecule has 0 N–H and O–H groups in total. The van der Waals surface area contributed by atoms with Gasteiger partial charge in [0.25, 0.3) is 0 Å². The van der Waals surface area contributed by atoms with E-state index >= 15 is 0 Å². The number of benzene rings is 1. The van der Waals surface area contributed by atoms with E-state index in [2.05, 4.69) is 0 Å². The molecule has 0 saturated carbocycles. The zero-order valence-corrected chi connectivity index (χ0v) is 13.2. The van der Waals surface area contributed by atoms with Crippen LogP contribution < -0.4 is 4.35 Å². The van der Waals surface area contributed by atoms with Crippen molar-refractivity contribution >= 4 is 19.7 Å². The van der Waals surface area contributed by atoms with Crippen LogP contribution in [0.1, 0.15) is 11.5 Å². The minimum atomic E-state index is -2.08. The van der Waals surface area contributed by atoms with Crippen LogP contribution in [0.5, 0.6) is 0 Å². The molecule has 21 heavy (non-hydrogen) atoms. The van der Waals surface area contributed by atoms with Gasteiger partial charge in [0, 0.05) is 0 Å². The van der Waals surface area contributed by atoms with Crippen molar-refractivity contribution in [1.29, 1.82) is 0 Å². The third-order valence-electron chi connectivity index (χ3n) is 2.78. The average molecular weight is 346 g/mol. The van der Waals surface area contributed by atoms with Crippen LogP contribution in [0, 0.1) is 0 Å². The summed E-state index contributed by atoms with van der Waals surface area (Å²) >= 11 is -2.08. The van der Waals surface area contributed by atoms with Gasteiger partial charge in [-0.25, -0.2) is 0 Å². The molecule has 1 aromatic carbocycles. The first-order chi connectivity index (χ1) is 10.4. The van der Waals surface area contributed by atoms with Gasteiger partial charge in [-0.3, -0.25) is 0 Å². The van der Waals surface area contributed by atoms with Gasteiger partial charge in [-0.15, -0.1) is 0 Å². The Morgan fingerprint density at radius 2 is 1.29 bits per heavy atom. The standard InChI is InChI=1S/C16H15AsO4/c1-2-6-14(7-3-1)17(20-12-15-8-4-10-18-15)21-13-16-9-5-11-19-16/h1-11H,12-13H2. The number of rotatable bonds is 7. The van der Waals surface area contributed by atoms with Gasteiger partial charge in [0.05, 0.1) is 0 Å². The van der Waals surface area contributed by atoms with Crippen LogP contribution >= 0.6 is 0 Å². The Bertz CT molecular complexity index is 581. The molecule has 0 amide bonds. The Hall–Kier alpha value is -1.74. The van der Waals surface area contributed by atoms with Gasteiger partial charge in [0.1, 0.15) is 0 Å². The zero-order chi connectivity index (χ0) is 14.3. The van der Waals surface area contributed by atoms with E-state index < -0.39 is 15.3 Å². The quantitative estimate of drug-likeness (QED) is 0.617. The molecule has 0 spiro atoms. The van der Waals surface area contributed by atoms with Crippen molar-refractivity contribution in [1.82, 2.24) is 0 Å². The van der Waals surface area contributed by atoms with E-state index in [0.717, 1.165) is 15.9 Å². The summed E-state index contributed by atoms with van der Waals surface area (Å²) in [6.07, 6.45) is 3.28. The normalized spacial score (nSPS) is 11.1. The van der Waals surface area contributed by atoms with Gasteiger partial charge in [0.15, 0.2) is 0 Å². The molecule has 3 aromatic rings. The topological polar surface area (TPSA) is 44.7 Å². The molecular weight excluding hydrogens is 331 g/mol. The predicted octanol–water partition coefficient (Wildman–Crippen LogP) is 3.00. The summed E-state index contributed by atoms with van der Waals surface area (Å²) in [5, 5.41) is 0. The summed E-state index contributed by atoms with van der Waals surface area (Å²) < 4.78 is 23.6. The first kappa shape index (κ1) is 14.2. The summed E-state index contributed by atoms with van der Waals surface area (Å²) in [6, 6.07) is 17.5. The third-order valence-corrected chi connectivity index (χ3v) is 5.81. The van der Waals surface area contributed by atoms with Gasteiger partial charge in [-0.1, -0.05) is 0 Å². The van der Waals surface area contributed by atoms with Crippen LogP contribution in [-0.4, -0.2) is 15.3 Å². The molecule has 3 rings (SSSR count).